The van der Waals surface area contributed by atoms with Gasteiger partial charge in [0, 0.05) is 24.4 Å². The summed E-state index contributed by atoms with van der Waals surface area (Å²) in [5.74, 6) is -0.710. The van der Waals surface area contributed by atoms with Crippen molar-refractivity contribution in [3.05, 3.63) is 35.4 Å². The number of carboxylic acids is 1. The lowest BCUT2D eigenvalue weighted by molar-refractivity contribution is -0.138. The Morgan fingerprint density at radius 3 is 2.58 bits per heavy atom. The molecule has 1 amide bonds. The van der Waals surface area contributed by atoms with E-state index in [0.29, 0.717) is 12.8 Å². The minimum Gasteiger partial charge on any atom is -0.481 e. The van der Waals surface area contributed by atoms with Gasteiger partial charge in [-0.2, -0.15) is 0 Å². The Balaban J connectivity index is 2.63. The van der Waals surface area contributed by atoms with Crippen LogP contribution in [0.25, 0.3) is 0 Å². The van der Waals surface area contributed by atoms with E-state index < -0.39 is 23.1 Å². The first-order valence-electron chi connectivity index (χ1n) is 12.1. The first-order valence-corrected chi connectivity index (χ1v) is 12.1. The number of nitrogens with zero attached hydrogens (tertiary/aromatic N) is 1. The molecule has 0 aliphatic heterocycles. The van der Waals surface area contributed by atoms with Crippen LogP contribution in [-0.4, -0.2) is 61.0 Å². The minimum absolute atomic E-state index is 0.0435. The zero-order valence-corrected chi connectivity index (χ0v) is 20.9. The van der Waals surface area contributed by atoms with E-state index in [-0.39, 0.29) is 31.4 Å². The molecule has 33 heavy (non-hydrogen) atoms. The summed E-state index contributed by atoms with van der Waals surface area (Å²) in [6, 6.07) is 7.70. The summed E-state index contributed by atoms with van der Waals surface area (Å²) in [5, 5.41) is 24.9. The third kappa shape index (κ3) is 6.93. The fourth-order valence-corrected chi connectivity index (χ4v) is 5.59. The molecule has 1 aliphatic rings. The van der Waals surface area contributed by atoms with Gasteiger partial charge in [-0.3, -0.25) is 4.79 Å². The molecule has 0 bridgehead atoms. The van der Waals surface area contributed by atoms with E-state index in [2.05, 4.69) is 10.2 Å². The van der Waals surface area contributed by atoms with Crippen molar-refractivity contribution in [2.45, 2.75) is 70.3 Å². The Hall–Kier alpha value is -2.12. The van der Waals surface area contributed by atoms with Crippen molar-refractivity contribution < 1.29 is 24.5 Å². The van der Waals surface area contributed by atoms with Gasteiger partial charge in [0.2, 0.25) is 0 Å². The number of alkyl carbamates (subject to hydrolysis) is 1. The average Bonchev–Trinajstić information content (AvgIpc) is 2.73. The SMILES string of the molecule is CCOC(=O)NC[C@](CC(=O)O)(CC(C)C)c1ccccc1[C@]1(O)CCCC[C@H]1CN(C)C. The van der Waals surface area contributed by atoms with Crippen LogP contribution < -0.4 is 5.32 Å². The molecule has 0 radical (unpaired) electrons. The summed E-state index contributed by atoms with van der Waals surface area (Å²) >= 11 is 0. The van der Waals surface area contributed by atoms with Crippen LogP contribution in [0.1, 0.15) is 70.4 Å². The van der Waals surface area contributed by atoms with Gasteiger partial charge in [-0.05, 0) is 57.3 Å². The van der Waals surface area contributed by atoms with E-state index in [1.807, 2.05) is 52.2 Å². The number of carbonyl (C=O) groups is 2. The number of nitrogens with one attached hydrogen (secondary N) is 1. The second-order valence-corrected chi connectivity index (χ2v) is 10.2. The molecule has 0 aromatic heterocycles. The number of aliphatic hydroxyl groups is 1. The summed E-state index contributed by atoms with van der Waals surface area (Å²) in [7, 11) is 4.02. The highest BCUT2D eigenvalue weighted by Crippen LogP contribution is 2.47. The highest BCUT2D eigenvalue weighted by molar-refractivity contribution is 5.71. The number of benzene rings is 1. The van der Waals surface area contributed by atoms with Crippen LogP contribution in [-0.2, 0) is 20.5 Å². The number of amides is 1. The minimum atomic E-state index is -1.05. The number of carboxylic acid groups (broad SMARTS) is 1. The fraction of sp³-hybridized carbons (Fsp3) is 0.692. The maximum atomic E-state index is 12.2. The Morgan fingerprint density at radius 2 is 1.97 bits per heavy atom. The number of ether oxygens (including phenoxy) is 1. The molecule has 0 saturated heterocycles. The molecular formula is C26H42N2O5. The summed E-state index contributed by atoms with van der Waals surface area (Å²) in [4.78, 5) is 26.4. The second kappa shape index (κ2) is 11.8. The summed E-state index contributed by atoms with van der Waals surface area (Å²) in [5.41, 5.74) is -0.321. The molecule has 1 aliphatic carbocycles. The lowest BCUT2D eigenvalue weighted by atomic mass is 9.64. The van der Waals surface area contributed by atoms with Crippen LogP contribution in [0, 0.1) is 11.8 Å². The predicted octanol–water partition coefficient (Wildman–Crippen LogP) is 4.13. The molecule has 0 unspecified atom stereocenters. The van der Waals surface area contributed by atoms with Crippen molar-refractivity contribution in [1.29, 1.82) is 0 Å². The summed E-state index contributed by atoms with van der Waals surface area (Å²) < 4.78 is 5.06. The maximum Gasteiger partial charge on any atom is 0.407 e. The van der Waals surface area contributed by atoms with Crippen LogP contribution in [0.15, 0.2) is 24.3 Å². The quantitative estimate of drug-likeness (QED) is 0.457. The Morgan fingerprint density at radius 1 is 1.27 bits per heavy atom. The number of carbonyl (C=O) groups excluding carboxylic acids is 1. The van der Waals surface area contributed by atoms with Crippen LogP contribution >= 0.6 is 0 Å². The van der Waals surface area contributed by atoms with Crippen LogP contribution in [0.3, 0.4) is 0 Å². The number of hydrogen-bond donors (Lipinski definition) is 3. The largest absolute Gasteiger partial charge is 0.481 e. The smallest absolute Gasteiger partial charge is 0.407 e. The van der Waals surface area contributed by atoms with Crippen LogP contribution in [0.5, 0.6) is 0 Å². The van der Waals surface area contributed by atoms with Crippen molar-refractivity contribution >= 4 is 12.1 Å². The third-order valence-electron chi connectivity index (χ3n) is 6.72. The molecule has 1 saturated carbocycles. The van der Waals surface area contributed by atoms with Gasteiger partial charge in [-0.25, -0.2) is 4.79 Å². The van der Waals surface area contributed by atoms with E-state index in [9.17, 15) is 19.8 Å². The van der Waals surface area contributed by atoms with Gasteiger partial charge >= 0.3 is 12.1 Å². The molecule has 186 valence electrons. The van der Waals surface area contributed by atoms with Crippen molar-refractivity contribution in [2.75, 3.05) is 33.8 Å². The highest BCUT2D eigenvalue weighted by atomic mass is 16.5. The molecule has 3 atom stereocenters. The normalized spacial score (nSPS) is 22.7. The Labute approximate surface area is 198 Å². The van der Waals surface area contributed by atoms with E-state index in [4.69, 9.17) is 4.74 Å². The first-order chi connectivity index (χ1) is 15.5. The van der Waals surface area contributed by atoms with Gasteiger partial charge in [0.25, 0.3) is 0 Å². The molecule has 1 aromatic rings. The Bertz CT molecular complexity index is 797. The Kier molecular flexibility index (Phi) is 9.73. The first kappa shape index (κ1) is 27.1. The summed E-state index contributed by atoms with van der Waals surface area (Å²) in [6.07, 6.45) is 3.39. The van der Waals surface area contributed by atoms with Crippen LogP contribution in [0.4, 0.5) is 4.79 Å². The van der Waals surface area contributed by atoms with Crippen molar-refractivity contribution in [2.24, 2.45) is 11.8 Å². The lowest BCUT2D eigenvalue weighted by Crippen LogP contribution is -2.48. The molecular weight excluding hydrogens is 420 g/mol. The standard InChI is InChI=1S/C26H42N2O5/c1-6-33-24(31)27-18-25(15-19(2)3,16-23(29)30)21-12-7-8-13-22(21)26(32)14-10-9-11-20(26)17-28(4)5/h7-8,12-13,19-20,32H,6,9-11,14-18H2,1-5H3,(H,27,31)(H,29,30)/t20-,25+,26-/m0/s1. The van der Waals surface area contributed by atoms with Gasteiger partial charge < -0.3 is 25.2 Å². The maximum absolute atomic E-state index is 12.2. The lowest BCUT2D eigenvalue weighted by Gasteiger charge is -2.45. The average molecular weight is 463 g/mol. The number of rotatable bonds is 11. The third-order valence-corrected chi connectivity index (χ3v) is 6.72. The molecule has 0 heterocycles. The van der Waals surface area contributed by atoms with Crippen molar-refractivity contribution in [3.8, 4) is 0 Å². The van der Waals surface area contributed by atoms with Crippen molar-refractivity contribution in [3.63, 3.8) is 0 Å². The van der Waals surface area contributed by atoms with Gasteiger partial charge in [-0.15, -0.1) is 0 Å². The molecule has 3 N–H and O–H groups in total. The predicted molar refractivity (Wildman–Crippen MR) is 129 cm³/mol. The van der Waals surface area contributed by atoms with E-state index in [1.165, 1.54) is 0 Å². The van der Waals surface area contributed by atoms with Crippen LogP contribution in [0.2, 0.25) is 0 Å². The molecule has 7 nitrogen and oxygen atoms in total. The number of aliphatic carboxylic acids is 1. The van der Waals surface area contributed by atoms with Gasteiger partial charge in [0.05, 0.1) is 18.6 Å². The second-order valence-electron chi connectivity index (χ2n) is 10.2. The van der Waals surface area contributed by atoms with E-state index in [0.717, 1.165) is 36.9 Å². The fourth-order valence-electron chi connectivity index (χ4n) is 5.59. The molecule has 2 rings (SSSR count). The monoisotopic (exact) mass is 462 g/mol. The van der Waals surface area contributed by atoms with E-state index in [1.54, 1.807) is 6.92 Å². The summed E-state index contributed by atoms with van der Waals surface area (Å²) in [6.45, 7) is 6.95. The molecule has 1 fully saturated rings. The van der Waals surface area contributed by atoms with Crippen molar-refractivity contribution in [1.82, 2.24) is 10.2 Å². The highest BCUT2D eigenvalue weighted by Gasteiger charge is 2.46. The topological polar surface area (TPSA) is 99.1 Å². The molecule has 7 heteroatoms. The number of hydrogen-bond acceptors (Lipinski definition) is 5. The molecule has 1 aromatic carbocycles. The van der Waals surface area contributed by atoms with Gasteiger partial charge in [0.15, 0.2) is 0 Å². The molecule has 0 spiro atoms. The van der Waals surface area contributed by atoms with Gasteiger partial charge in [-0.1, -0.05) is 51.0 Å². The zero-order valence-electron chi connectivity index (χ0n) is 20.9. The van der Waals surface area contributed by atoms with Gasteiger partial charge in [0.1, 0.15) is 0 Å². The van der Waals surface area contributed by atoms with E-state index >= 15 is 0 Å². The zero-order chi connectivity index (χ0) is 24.6.